The molecule has 142 valence electrons. The number of rotatable bonds is 7. The Morgan fingerprint density at radius 2 is 1.93 bits per heavy atom. The second-order valence-corrected chi connectivity index (χ2v) is 7.33. The van der Waals surface area contributed by atoms with Gasteiger partial charge in [-0.25, -0.2) is 0 Å². The molecule has 1 atom stereocenters. The number of aryl methyl sites for hydroxylation is 1. The molecule has 27 heavy (non-hydrogen) atoms. The van der Waals surface area contributed by atoms with Gasteiger partial charge in [-0.05, 0) is 18.4 Å². The zero-order chi connectivity index (χ0) is 19.4. The van der Waals surface area contributed by atoms with Crippen LogP contribution >= 0.6 is 11.3 Å². The molecule has 1 aromatic heterocycles. The first-order chi connectivity index (χ1) is 13.0. The van der Waals surface area contributed by atoms with Gasteiger partial charge >= 0.3 is 0 Å². The molecule has 0 unspecified atom stereocenters. The van der Waals surface area contributed by atoms with E-state index in [4.69, 9.17) is 5.11 Å². The predicted octanol–water partition coefficient (Wildman–Crippen LogP) is 2.06. The average molecular weight is 386 g/mol. The van der Waals surface area contributed by atoms with Crippen LogP contribution in [0, 0.1) is 6.92 Å². The summed E-state index contributed by atoms with van der Waals surface area (Å²) in [5.41, 5.74) is 1.67. The molecule has 1 aromatic carbocycles. The standard InChI is InChI=1S/C20H22N2O4S/c1-13-4-6-14(7-5-13)18(24)16-17(15-3-2-12-27-15)22(20(26)19(16)25)10-8-21-9-11-23/h2-7,12,17,21,23-24H,8-11H2,1H3/t17-/m0/s1. The first-order valence-electron chi connectivity index (χ1n) is 8.75. The molecule has 2 heterocycles. The Labute approximate surface area is 161 Å². The van der Waals surface area contributed by atoms with Gasteiger partial charge in [-0.1, -0.05) is 35.9 Å². The van der Waals surface area contributed by atoms with E-state index >= 15 is 0 Å². The molecule has 1 aliphatic rings. The van der Waals surface area contributed by atoms with Crippen LogP contribution in [0.2, 0.25) is 0 Å². The average Bonchev–Trinajstić information content (AvgIpc) is 3.27. The Morgan fingerprint density at radius 1 is 1.19 bits per heavy atom. The van der Waals surface area contributed by atoms with Gasteiger partial charge in [-0.3, -0.25) is 9.59 Å². The minimum absolute atomic E-state index is 0.000590. The fourth-order valence-corrected chi connectivity index (χ4v) is 3.97. The minimum Gasteiger partial charge on any atom is -0.507 e. The first-order valence-corrected chi connectivity index (χ1v) is 9.63. The van der Waals surface area contributed by atoms with Crippen LogP contribution in [-0.2, 0) is 9.59 Å². The van der Waals surface area contributed by atoms with E-state index in [0.717, 1.165) is 10.4 Å². The van der Waals surface area contributed by atoms with Crippen molar-refractivity contribution in [2.24, 2.45) is 0 Å². The van der Waals surface area contributed by atoms with Gasteiger partial charge in [0.25, 0.3) is 11.7 Å². The highest BCUT2D eigenvalue weighted by Crippen LogP contribution is 2.40. The Hall–Kier alpha value is -2.48. The van der Waals surface area contributed by atoms with Crippen molar-refractivity contribution in [2.75, 3.05) is 26.2 Å². The number of hydrogen-bond acceptors (Lipinski definition) is 6. The summed E-state index contributed by atoms with van der Waals surface area (Å²) < 4.78 is 0. The van der Waals surface area contributed by atoms with Crippen molar-refractivity contribution >= 4 is 28.8 Å². The van der Waals surface area contributed by atoms with E-state index < -0.39 is 17.7 Å². The molecular formula is C20H22N2O4S. The second kappa shape index (κ2) is 8.47. The lowest BCUT2D eigenvalue weighted by molar-refractivity contribution is -0.139. The van der Waals surface area contributed by atoms with E-state index in [1.165, 1.54) is 16.2 Å². The van der Waals surface area contributed by atoms with Crippen molar-refractivity contribution in [3.8, 4) is 0 Å². The SMILES string of the molecule is Cc1ccc(C(O)=C2C(=O)C(=O)N(CCNCCO)[C@H]2c2cccs2)cc1. The number of ketones is 1. The van der Waals surface area contributed by atoms with E-state index in [1.54, 1.807) is 12.1 Å². The third-order valence-corrected chi connectivity index (χ3v) is 5.42. The van der Waals surface area contributed by atoms with E-state index in [-0.39, 0.29) is 17.9 Å². The summed E-state index contributed by atoms with van der Waals surface area (Å²) in [4.78, 5) is 27.7. The van der Waals surface area contributed by atoms with Crippen molar-refractivity contribution in [1.82, 2.24) is 10.2 Å². The van der Waals surface area contributed by atoms with Gasteiger partial charge in [0.2, 0.25) is 0 Å². The normalized spacial score (nSPS) is 19.0. The molecule has 6 nitrogen and oxygen atoms in total. The maximum atomic E-state index is 12.7. The molecule has 0 radical (unpaired) electrons. The molecule has 3 rings (SSSR count). The van der Waals surface area contributed by atoms with Gasteiger partial charge in [0.1, 0.15) is 5.76 Å². The van der Waals surface area contributed by atoms with Crippen molar-refractivity contribution in [3.63, 3.8) is 0 Å². The maximum Gasteiger partial charge on any atom is 0.295 e. The van der Waals surface area contributed by atoms with Gasteiger partial charge in [0, 0.05) is 30.1 Å². The highest BCUT2D eigenvalue weighted by atomic mass is 32.1. The zero-order valence-corrected chi connectivity index (χ0v) is 15.8. The number of carbonyl (C=O) groups is 2. The van der Waals surface area contributed by atoms with Crippen LogP contribution in [0.25, 0.3) is 5.76 Å². The number of nitrogens with zero attached hydrogens (tertiary/aromatic N) is 1. The maximum absolute atomic E-state index is 12.7. The molecule has 1 amide bonds. The molecule has 1 aliphatic heterocycles. The Morgan fingerprint density at radius 3 is 2.56 bits per heavy atom. The van der Waals surface area contributed by atoms with E-state index in [0.29, 0.717) is 25.2 Å². The summed E-state index contributed by atoms with van der Waals surface area (Å²) in [6.45, 7) is 3.10. The zero-order valence-electron chi connectivity index (χ0n) is 15.0. The fraction of sp³-hybridized carbons (Fsp3) is 0.300. The van der Waals surface area contributed by atoms with Crippen molar-refractivity contribution in [3.05, 3.63) is 63.4 Å². The topological polar surface area (TPSA) is 89.9 Å². The summed E-state index contributed by atoms with van der Waals surface area (Å²) >= 11 is 1.44. The number of benzene rings is 1. The molecule has 0 spiro atoms. The fourth-order valence-electron chi connectivity index (χ4n) is 3.12. The molecule has 0 aliphatic carbocycles. The van der Waals surface area contributed by atoms with E-state index in [1.807, 2.05) is 36.6 Å². The van der Waals surface area contributed by atoms with Gasteiger partial charge < -0.3 is 20.4 Å². The Bertz CT molecular complexity index is 843. The quantitative estimate of drug-likeness (QED) is 0.293. The summed E-state index contributed by atoms with van der Waals surface area (Å²) in [5, 5.41) is 24.6. The molecular weight excluding hydrogens is 364 g/mol. The van der Waals surface area contributed by atoms with Crippen molar-refractivity contribution in [1.29, 1.82) is 0 Å². The van der Waals surface area contributed by atoms with Crippen LogP contribution in [0.1, 0.15) is 22.0 Å². The van der Waals surface area contributed by atoms with Crippen LogP contribution in [-0.4, -0.2) is 53.0 Å². The smallest absolute Gasteiger partial charge is 0.295 e. The molecule has 7 heteroatoms. The number of thiophene rings is 1. The van der Waals surface area contributed by atoms with Crippen molar-refractivity contribution in [2.45, 2.75) is 13.0 Å². The first kappa shape index (κ1) is 19.3. The monoisotopic (exact) mass is 386 g/mol. The van der Waals surface area contributed by atoms with Crippen LogP contribution < -0.4 is 5.32 Å². The second-order valence-electron chi connectivity index (χ2n) is 6.35. The molecule has 0 saturated carbocycles. The predicted molar refractivity (Wildman–Crippen MR) is 104 cm³/mol. The number of aliphatic hydroxyl groups is 2. The van der Waals surface area contributed by atoms with Gasteiger partial charge in [0.15, 0.2) is 0 Å². The molecule has 1 fully saturated rings. The van der Waals surface area contributed by atoms with Crippen LogP contribution in [0.3, 0.4) is 0 Å². The third-order valence-electron chi connectivity index (χ3n) is 4.50. The molecule has 1 saturated heterocycles. The lowest BCUT2D eigenvalue weighted by atomic mass is 9.99. The lowest BCUT2D eigenvalue weighted by Gasteiger charge is -2.24. The number of Topliss-reactive ketones (excluding diaryl/α,β-unsaturated/α-hetero) is 1. The van der Waals surface area contributed by atoms with Gasteiger partial charge in [-0.2, -0.15) is 0 Å². The van der Waals surface area contributed by atoms with Crippen LogP contribution in [0.4, 0.5) is 0 Å². The lowest BCUT2D eigenvalue weighted by Crippen LogP contribution is -2.36. The summed E-state index contributed by atoms with van der Waals surface area (Å²) in [7, 11) is 0. The van der Waals surface area contributed by atoms with E-state index in [9.17, 15) is 14.7 Å². The Balaban J connectivity index is 2.00. The largest absolute Gasteiger partial charge is 0.507 e. The van der Waals surface area contributed by atoms with Gasteiger partial charge in [0.05, 0.1) is 18.2 Å². The number of nitrogens with one attached hydrogen (secondary N) is 1. The van der Waals surface area contributed by atoms with Crippen molar-refractivity contribution < 1.29 is 19.8 Å². The molecule has 3 N–H and O–H groups in total. The highest BCUT2D eigenvalue weighted by molar-refractivity contribution is 7.10. The Kier molecular flexibility index (Phi) is 6.05. The van der Waals surface area contributed by atoms with Crippen LogP contribution in [0.5, 0.6) is 0 Å². The highest BCUT2D eigenvalue weighted by Gasteiger charge is 2.46. The number of carbonyl (C=O) groups excluding carboxylic acids is 2. The van der Waals surface area contributed by atoms with E-state index in [2.05, 4.69) is 5.32 Å². The van der Waals surface area contributed by atoms with Gasteiger partial charge in [-0.15, -0.1) is 11.3 Å². The summed E-state index contributed by atoms with van der Waals surface area (Å²) in [6.07, 6.45) is 0. The number of hydrogen-bond donors (Lipinski definition) is 3. The number of likely N-dealkylation sites (tertiary alicyclic amines) is 1. The number of amides is 1. The van der Waals surface area contributed by atoms with Crippen LogP contribution in [0.15, 0.2) is 47.4 Å². The summed E-state index contributed by atoms with van der Waals surface area (Å²) in [6, 6.07) is 10.3. The summed E-state index contributed by atoms with van der Waals surface area (Å²) in [5.74, 6) is -1.45. The molecule has 2 aromatic rings. The minimum atomic E-state index is -0.673. The third kappa shape index (κ3) is 3.95. The molecule has 0 bridgehead atoms. The number of aliphatic hydroxyl groups excluding tert-OH is 2.